The van der Waals surface area contributed by atoms with Gasteiger partial charge >= 0.3 is 0 Å². The van der Waals surface area contributed by atoms with E-state index in [1.807, 2.05) is 0 Å². The van der Waals surface area contributed by atoms with Gasteiger partial charge in [-0.25, -0.2) is 8.42 Å². The molecule has 1 aromatic carbocycles. The van der Waals surface area contributed by atoms with Crippen molar-refractivity contribution in [3.8, 4) is 6.07 Å². The number of alkyl halides is 2. The second-order valence-corrected chi connectivity index (χ2v) is 9.98. The van der Waals surface area contributed by atoms with Crippen molar-refractivity contribution in [2.45, 2.75) is 13.3 Å². The molecule has 0 fully saturated rings. The summed E-state index contributed by atoms with van der Waals surface area (Å²) in [6.45, 7) is 6.99. The summed E-state index contributed by atoms with van der Waals surface area (Å²) < 4.78 is 22.2. The first-order valence-corrected chi connectivity index (χ1v) is 9.71. The number of halogens is 3. The van der Waals surface area contributed by atoms with Crippen molar-refractivity contribution in [2.24, 2.45) is 0 Å². The summed E-state index contributed by atoms with van der Waals surface area (Å²) in [7, 11) is -4.26. The zero-order valence-electron chi connectivity index (χ0n) is 12.1. The summed E-state index contributed by atoms with van der Waals surface area (Å²) in [6.07, 6.45) is 2.27. The molecule has 24 heavy (non-hydrogen) atoms. The normalized spacial score (nSPS) is 16.2. The fraction of sp³-hybridized carbons (Fsp3) is 0.133. The molecule has 0 aliphatic rings. The molecule has 0 radical (unpaired) electrons. The lowest BCUT2D eigenvalue weighted by atomic mass is 10.1. The summed E-state index contributed by atoms with van der Waals surface area (Å²) >= 11 is 26.5. The van der Waals surface area contributed by atoms with Crippen LogP contribution in [0, 0.1) is 11.3 Å². The summed E-state index contributed by atoms with van der Waals surface area (Å²) in [4.78, 5) is -0.852. The Labute approximate surface area is 167 Å². The molecule has 0 N–H and O–H groups in total. The van der Waals surface area contributed by atoms with Gasteiger partial charge in [-0.05, 0) is 24.3 Å². The highest BCUT2D eigenvalue weighted by Crippen LogP contribution is 2.47. The van der Waals surface area contributed by atoms with Crippen LogP contribution < -0.4 is 0 Å². The Morgan fingerprint density at radius 2 is 1.54 bits per heavy atom. The van der Waals surface area contributed by atoms with Gasteiger partial charge in [0.2, 0.25) is 9.84 Å². The van der Waals surface area contributed by atoms with E-state index in [1.165, 1.54) is 24.3 Å². The molecule has 3 nitrogen and oxygen atoms in total. The minimum atomic E-state index is -4.26. The maximum absolute atomic E-state index is 12.9. The standard InChI is InChI=1S/C15H12Cl3NO2S3/c1-3-14(17,22)13(15(18,23)4-2)12(9-19)24(20,21)11-7-5-10(16)6-8-11/h3-8,22-23H,1-2H2. The summed E-state index contributed by atoms with van der Waals surface area (Å²) in [5.41, 5.74) is -0.285. The van der Waals surface area contributed by atoms with E-state index < -0.39 is 23.2 Å². The third-order valence-corrected chi connectivity index (χ3v) is 6.44. The highest BCUT2D eigenvalue weighted by Gasteiger charge is 2.43. The van der Waals surface area contributed by atoms with Gasteiger partial charge in [-0.1, -0.05) is 47.0 Å². The van der Waals surface area contributed by atoms with Gasteiger partial charge in [-0.3, -0.25) is 0 Å². The summed E-state index contributed by atoms with van der Waals surface area (Å²) in [5, 5.41) is 9.84. The Balaban J connectivity index is 3.89. The second-order valence-electron chi connectivity index (χ2n) is 4.53. The smallest absolute Gasteiger partial charge is 0.216 e. The molecule has 0 aromatic heterocycles. The van der Waals surface area contributed by atoms with Crippen LogP contribution in [0.3, 0.4) is 0 Å². The van der Waals surface area contributed by atoms with E-state index >= 15 is 0 Å². The number of nitrogens with zero attached hydrogens (tertiary/aromatic N) is 1. The molecule has 2 unspecified atom stereocenters. The van der Waals surface area contributed by atoms with Gasteiger partial charge in [0.05, 0.1) is 4.90 Å². The molecule has 0 amide bonds. The van der Waals surface area contributed by atoms with Gasteiger partial charge in [0, 0.05) is 10.6 Å². The average molecular weight is 441 g/mol. The van der Waals surface area contributed by atoms with Gasteiger partial charge in [0.15, 0.2) is 4.91 Å². The lowest BCUT2D eigenvalue weighted by molar-refractivity contribution is 0.602. The molecular formula is C15H12Cl3NO2S3. The first-order valence-electron chi connectivity index (χ1n) is 6.19. The quantitative estimate of drug-likeness (QED) is 0.283. The largest absolute Gasteiger partial charge is 0.218 e. The van der Waals surface area contributed by atoms with Crippen molar-refractivity contribution < 1.29 is 8.42 Å². The van der Waals surface area contributed by atoms with E-state index in [9.17, 15) is 13.7 Å². The van der Waals surface area contributed by atoms with Crippen LogP contribution in [-0.4, -0.2) is 16.8 Å². The number of rotatable bonds is 6. The van der Waals surface area contributed by atoms with Crippen LogP contribution in [0.1, 0.15) is 0 Å². The molecular weight excluding hydrogens is 429 g/mol. The second kappa shape index (κ2) is 7.77. The molecule has 1 aromatic rings. The van der Waals surface area contributed by atoms with Gasteiger partial charge in [0.25, 0.3) is 0 Å². The predicted molar refractivity (Wildman–Crippen MR) is 107 cm³/mol. The molecule has 1 rings (SSSR count). The van der Waals surface area contributed by atoms with Crippen LogP contribution in [0.2, 0.25) is 5.02 Å². The number of allylic oxidation sites excluding steroid dienone is 1. The summed E-state index contributed by atoms with van der Waals surface area (Å²) in [6, 6.07) is 6.92. The maximum atomic E-state index is 12.9. The van der Waals surface area contributed by atoms with Crippen molar-refractivity contribution in [1.29, 1.82) is 5.26 Å². The average Bonchev–Trinajstić information content (AvgIpc) is 2.52. The first kappa shape index (κ1) is 21.5. The highest BCUT2D eigenvalue weighted by atomic mass is 35.5. The van der Waals surface area contributed by atoms with Gasteiger partial charge < -0.3 is 0 Å². The number of sulfone groups is 1. The lowest BCUT2D eigenvalue weighted by Crippen LogP contribution is -2.30. The third-order valence-electron chi connectivity index (χ3n) is 2.96. The number of hydrogen-bond acceptors (Lipinski definition) is 5. The van der Waals surface area contributed by atoms with Crippen molar-refractivity contribution in [1.82, 2.24) is 0 Å². The van der Waals surface area contributed by atoms with Gasteiger partial charge in [-0.2, -0.15) is 5.26 Å². The van der Waals surface area contributed by atoms with E-state index in [0.717, 1.165) is 12.2 Å². The van der Waals surface area contributed by atoms with E-state index in [4.69, 9.17) is 34.8 Å². The number of thiol groups is 2. The Kier molecular flexibility index (Phi) is 6.96. The van der Waals surface area contributed by atoms with Crippen LogP contribution in [0.15, 0.2) is 64.9 Å². The fourth-order valence-corrected chi connectivity index (χ4v) is 4.91. The molecule has 0 heterocycles. The van der Waals surface area contributed by atoms with E-state index in [2.05, 4.69) is 38.4 Å². The van der Waals surface area contributed by atoms with Crippen LogP contribution in [0.4, 0.5) is 0 Å². The fourth-order valence-electron chi connectivity index (χ4n) is 1.75. The SMILES string of the molecule is C=CC(S)(Cl)C(=C(C#N)S(=O)(=O)c1ccc(Cl)cc1)C(S)(Cl)C=C. The molecule has 128 valence electrons. The molecule has 0 aliphatic carbocycles. The van der Waals surface area contributed by atoms with E-state index in [1.54, 1.807) is 6.07 Å². The summed E-state index contributed by atoms with van der Waals surface area (Å²) in [5.74, 6) is 0. The Hall–Kier alpha value is -0.550. The first-order chi connectivity index (χ1) is 10.9. The minimum absolute atomic E-state index is 0.157. The number of hydrogen-bond donors (Lipinski definition) is 2. The predicted octanol–water partition coefficient (Wildman–Crippen LogP) is 4.99. The lowest BCUT2D eigenvalue weighted by Gasteiger charge is -2.30. The molecule has 0 spiro atoms. The van der Waals surface area contributed by atoms with Gasteiger partial charge in [0.1, 0.15) is 14.5 Å². The van der Waals surface area contributed by atoms with Crippen LogP contribution in [-0.2, 0) is 9.84 Å². The topological polar surface area (TPSA) is 57.9 Å². The number of benzene rings is 1. The Morgan fingerprint density at radius 3 is 1.88 bits per heavy atom. The van der Waals surface area contributed by atoms with Crippen LogP contribution in [0.25, 0.3) is 0 Å². The van der Waals surface area contributed by atoms with Crippen molar-refractivity contribution in [3.63, 3.8) is 0 Å². The van der Waals surface area contributed by atoms with Crippen molar-refractivity contribution >= 4 is 69.9 Å². The van der Waals surface area contributed by atoms with Crippen LogP contribution in [0.5, 0.6) is 0 Å². The van der Waals surface area contributed by atoms with E-state index in [0.29, 0.717) is 5.02 Å². The Morgan fingerprint density at radius 1 is 1.12 bits per heavy atom. The van der Waals surface area contributed by atoms with Crippen LogP contribution >= 0.6 is 60.1 Å². The molecule has 0 bridgehead atoms. The highest BCUT2D eigenvalue weighted by molar-refractivity contribution is 7.95. The maximum Gasteiger partial charge on any atom is 0.216 e. The zero-order chi connectivity index (χ0) is 18.8. The van der Waals surface area contributed by atoms with Crippen molar-refractivity contribution in [3.05, 3.63) is 65.1 Å². The minimum Gasteiger partial charge on any atom is -0.218 e. The number of nitriles is 1. The monoisotopic (exact) mass is 439 g/mol. The Bertz CT molecular complexity index is 814. The van der Waals surface area contributed by atoms with Gasteiger partial charge in [-0.15, -0.1) is 38.4 Å². The van der Waals surface area contributed by atoms with Crippen molar-refractivity contribution in [2.75, 3.05) is 0 Å². The molecule has 0 saturated carbocycles. The molecule has 0 aliphatic heterocycles. The molecule has 2 atom stereocenters. The zero-order valence-corrected chi connectivity index (χ0v) is 17.0. The molecule has 0 saturated heterocycles. The van der Waals surface area contributed by atoms with E-state index in [-0.39, 0.29) is 10.5 Å². The molecule has 9 heteroatoms. The third kappa shape index (κ3) is 4.34.